The molecule has 2 nitrogen and oxygen atoms in total. The van der Waals surface area contributed by atoms with Gasteiger partial charge in [0.1, 0.15) is 0 Å². The highest BCUT2D eigenvalue weighted by molar-refractivity contribution is 4.66. The summed E-state index contributed by atoms with van der Waals surface area (Å²) in [5, 5.41) is 3.46. The highest BCUT2D eigenvalue weighted by Crippen LogP contribution is 2.07. The van der Waals surface area contributed by atoms with Crippen LogP contribution in [0.1, 0.15) is 53.4 Å². The van der Waals surface area contributed by atoms with E-state index in [0.29, 0.717) is 6.04 Å². The first-order valence-electron chi connectivity index (χ1n) is 6.59. The zero-order valence-electron chi connectivity index (χ0n) is 11.3. The number of hydrogen-bond acceptors (Lipinski definition) is 2. The molecule has 0 rings (SSSR count). The second-order valence-electron chi connectivity index (χ2n) is 4.55. The third kappa shape index (κ3) is 6.91. The molecule has 0 bridgehead atoms. The Kier molecular flexibility index (Phi) is 9.12. The number of rotatable bonds is 9. The Morgan fingerprint density at radius 2 is 1.73 bits per heavy atom. The largest absolute Gasteiger partial charge is 0.315 e. The molecule has 0 saturated carbocycles. The van der Waals surface area contributed by atoms with Crippen molar-refractivity contribution in [1.82, 2.24) is 10.2 Å². The molecule has 0 aromatic heterocycles. The number of nitrogens with zero attached hydrogens (tertiary/aromatic N) is 1. The third-order valence-electron chi connectivity index (χ3n) is 3.27. The minimum atomic E-state index is 0.671. The summed E-state index contributed by atoms with van der Waals surface area (Å²) in [5.74, 6) is 0. The summed E-state index contributed by atoms with van der Waals surface area (Å²) in [6, 6.07) is 1.45. The summed E-state index contributed by atoms with van der Waals surface area (Å²) in [4.78, 5) is 2.51. The molecule has 0 aliphatic rings. The van der Waals surface area contributed by atoms with Crippen molar-refractivity contribution in [2.24, 2.45) is 0 Å². The number of nitrogens with one attached hydrogen (secondary N) is 1. The maximum absolute atomic E-state index is 3.46. The average molecular weight is 214 g/mol. The first-order valence-corrected chi connectivity index (χ1v) is 6.59. The van der Waals surface area contributed by atoms with Crippen molar-refractivity contribution in [3.05, 3.63) is 0 Å². The van der Waals surface area contributed by atoms with Crippen LogP contribution in [0.3, 0.4) is 0 Å². The molecule has 15 heavy (non-hydrogen) atoms. The first-order chi connectivity index (χ1) is 7.15. The molecule has 0 fully saturated rings. The van der Waals surface area contributed by atoms with Crippen LogP contribution in [0.15, 0.2) is 0 Å². The van der Waals surface area contributed by atoms with Crippen LogP contribution < -0.4 is 5.32 Å². The van der Waals surface area contributed by atoms with Gasteiger partial charge in [0.25, 0.3) is 0 Å². The van der Waals surface area contributed by atoms with Crippen molar-refractivity contribution in [2.75, 3.05) is 20.1 Å². The van der Waals surface area contributed by atoms with Crippen LogP contribution >= 0.6 is 0 Å². The van der Waals surface area contributed by atoms with Crippen LogP contribution in [0.4, 0.5) is 0 Å². The highest BCUT2D eigenvalue weighted by Gasteiger charge is 2.09. The van der Waals surface area contributed by atoms with E-state index >= 15 is 0 Å². The topological polar surface area (TPSA) is 15.3 Å². The van der Waals surface area contributed by atoms with Crippen molar-refractivity contribution >= 4 is 0 Å². The Morgan fingerprint density at radius 3 is 2.20 bits per heavy atom. The van der Waals surface area contributed by atoms with Gasteiger partial charge in [-0.1, -0.05) is 20.8 Å². The Morgan fingerprint density at radius 1 is 1.13 bits per heavy atom. The SMILES string of the molecule is CCNC(C)CCCN(C)C(CC)CC. The molecule has 92 valence electrons. The van der Waals surface area contributed by atoms with E-state index in [4.69, 9.17) is 0 Å². The molecule has 0 spiro atoms. The molecule has 0 aromatic carbocycles. The molecular formula is C13H30N2. The summed E-state index contributed by atoms with van der Waals surface area (Å²) in [7, 11) is 2.26. The predicted octanol–water partition coefficient (Wildman–Crippen LogP) is 2.89. The van der Waals surface area contributed by atoms with Crippen LogP contribution in [-0.2, 0) is 0 Å². The van der Waals surface area contributed by atoms with Gasteiger partial charge in [0.2, 0.25) is 0 Å². The Hall–Kier alpha value is -0.0800. The molecule has 0 aliphatic carbocycles. The van der Waals surface area contributed by atoms with Gasteiger partial charge in [-0.2, -0.15) is 0 Å². The molecule has 0 radical (unpaired) electrons. The van der Waals surface area contributed by atoms with E-state index in [-0.39, 0.29) is 0 Å². The minimum absolute atomic E-state index is 0.671. The van der Waals surface area contributed by atoms with Gasteiger partial charge in [-0.15, -0.1) is 0 Å². The van der Waals surface area contributed by atoms with E-state index in [0.717, 1.165) is 12.6 Å². The van der Waals surface area contributed by atoms with Gasteiger partial charge < -0.3 is 10.2 Å². The molecule has 0 amide bonds. The molecule has 1 N–H and O–H groups in total. The molecule has 0 aliphatic heterocycles. The second-order valence-corrected chi connectivity index (χ2v) is 4.55. The van der Waals surface area contributed by atoms with Gasteiger partial charge >= 0.3 is 0 Å². The maximum Gasteiger partial charge on any atom is 0.00869 e. The predicted molar refractivity (Wildman–Crippen MR) is 69.4 cm³/mol. The van der Waals surface area contributed by atoms with Gasteiger partial charge in [0.15, 0.2) is 0 Å². The summed E-state index contributed by atoms with van der Waals surface area (Å²) in [5.41, 5.74) is 0. The molecule has 0 heterocycles. The standard InChI is InChI=1S/C13H30N2/c1-6-13(7-2)15(5)11-9-10-12(4)14-8-3/h12-14H,6-11H2,1-5H3. The van der Waals surface area contributed by atoms with Crippen molar-refractivity contribution in [2.45, 2.75) is 65.5 Å². The number of hydrogen-bond donors (Lipinski definition) is 1. The summed E-state index contributed by atoms with van der Waals surface area (Å²) < 4.78 is 0. The summed E-state index contributed by atoms with van der Waals surface area (Å²) in [6.07, 6.45) is 5.14. The normalized spacial score (nSPS) is 13.8. The second kappa shape index (κ2) is 9.17. The quantitative estimate of drug-likeness (QED) is 0.635. The van der Waals surface area contributed by atoms with E-state index in [1.807, 2.05) is 0 Å². The van der Waals surface area contributed by atoms with Crippen molar-refractivity contribution in [3.8, 4) is 0 Å². The van der Waals surface area contributed by atoms with E-state index in [9.17, 15) is 0 Å². The van der Waals surface area contributed by atoms with Crippen LogP contribution in [0.25, 0.3) is 0 Å². The smallest absolute Gasteiger partial charge is 0.00869 e. The monoisotopic (exact) mass is 214 g/mol. The van der Waals surface area contributed by atoms with Gasteiger partial charge in [0, 0.05) is 12.1 Å². The lowest BCUT2D eigenvalue weighted by molar-refractivity contribution is 0.223. The van der Waals surface area contributed by atoms with Crippen molar-refractivity contribution in [1.29, 1.82) is 0 Å². The van der Waals surface area contributed by atoms with E-state index in [1.54, 1.807) is 0 Å². The van der Waals surface area contributed by atoms with Gasteiger partial charge in [-0.3, -0.25) is 0 Å². The minimum Gasteiger partial charge on any atom is -0.315 e. The Bertz CT molecular complexity index is 132. The molecule has 2 heteroatoms. The lowest BCUT2D eigenvalue weighted by Gasteiger charge is -2.26. The van der Waals surface area contributed by atoms with Crippen LogP contribution in [0, 0.1) is 0 Å². The first kappa shape index (κ1) is 14.9. The van der Waals surface area contributed by atoms with Gasteiger partial charge in [0.05, 0.1) is 0 Å². The molecule has 1 unspecified atom stereocenters. The van der Waals surface area contributed by atoms with Crippen LogP contribution in [0.5, 0.6) is 0 Å². The molecule has 1 atom stereocenters. The van der Waals surface area contributed by atoms with Crippen molar-refractivity contribution in [3.63, 3.8) is 0 Å². The maximum atomic E-state index is 3.46. The van der Waals surface area contributed by atoms with Crippen LogP contribution in [-0.4, -0.2) is 37.1 Å². The zero-order chi connectivity index (χ0) is 11.7. The van der Waals surface area contributed by atoms with E-state index in [1.165, 1.54) is 32.2 Å². The third-order valence-corrected chi connectivity index (χ3v) is 3.27. The van der Waals surface area contributed by atoms with Gasteiger partial charge in [-0.25, -0.2) is 0 Å². The summed E-state index contributed by atoms with van der Waals surface area (Å²) >= 11 is 0. The average Bonchev–Trinajstić information content (AvgIpc) is 2.20. The van der Waals surface area contributed by atoms with Crippen LogP contribution in [0.2, 0.25) is 0 Å². The fraction of sp³-hybridized carbons (Fsp3) is 1.00. The fourth-order valence-electron chi connectivity index (χ4n) is 2.19. The molecular weight excluding hydrogens is 184 g/mol. The zero-order valence-corrected chi connectivity index (χ0v) is 11.3. The van der Waals surface area contributed by atoms with E-state index in [2.05, 4.69) is 45.0 Å². The lowest BCUT2D eigenvalue weighted by Crippen LogP contribution is -2.33. The molecule has 0 saturated heterocycles. The van der Waals surface area contributed by atoms with Crippen molar-refractivity contribution < 1.29 is 0 Å². The Labute approximate surface area is 96.4 Å². The Balaban J connectivity index is 3.57. The fourth-order valence-corrected chi connectivity index (χ4v) is 2.19. The highest BCUT2D eigenvalue weighted by atomic mass is 15.1. The lowest BCUT2D eigenvalue weighted by atomic mass is 10.1. The van der Waals surface area contributed by atoms with Gasteiger partial charge in [-0.05, 0) is 52.7 Å². The van der Waals surface area contributed by atoms with E-state index < -0.39 is 0 Å². The summed E-state index contributed by atoms with van der Waals surface area (Å²) in [6.45, 7) is 11.3. The molecule has 0 aromatic rings.